The van der Waals surface area contributed by atoms with Crippen molar-refractivity contribution in [2.75, 3.05) is 0 Å². The molecule has 0 saturated heterocycles. The van der Waals surface area contributed by atoms with Gasteiger partial charge in [-0.3, -0.25) is 16.3 Å². The van der Waals surface area contributed by atoms with Gasteiger partial charge in [-0.2, -0.15) is 0 Å². The van der Waals surface area contributed by atoms with Gasteiger partial charge in [0.25, 0.3) is 0 Å². The Morgan fingerprint density at radius 2 is 1.90 bits per heavy atom. The molecule has 3 heteroatoms. The summed E-state index contributed by atoms with van der Waals surface area (Å²) in [7, 11) is 0. The maximum Gasteiger partial charge on any atom is 0.0705 e. The van der Waals surface area contributed by atoms with E-state index in [0.29, 0.717) is 11.5 Å². The van der Waals surface area contributed by atoms with Crippen molar-refractivity contribution in [2.24, 2.45) is 11.3 Å². The fourth-order valence-corrected chi connectivity index (χ4v) is 3.65. The molecule has 1 aliphatic carbocycles. The third-order valence-corrected chi connectivity index (χ3v) is 5.11. The molecular formula is C18H25N3. The van der Waals surface area contributed by atoms with Crippen LogP contribution in [0.15, 0.2) is 36.4 Å². The van der Waals surface area contributed by atoms with Crippen molar-refractivity contribution in [1.29, 1.82) is 0 Å². The summed E-state index contributed by atoms with van der Waals surface area (Å²) in [6.45, 7) is 2.37. The molecule has 3 rings (SSSR count). The molecule has 1 fully saturated rings. The van der Waals surface area contributed by atoms with Crippen LogP contribution in [-0.4, -0.2) is 11.0 Å². The number of pyridine rings is 1. The first-order valence-corrected chi connectivity index (χ1v) is 8.02. The molecule has 112 valence electrons. The number of hydrogen-bond acceptors (Lipinski definition) is 3. The molecule has 1 aromatic heterocycles. The number of para-hydroxylation sites is 1. The van der Waals surface area contributed by atoms with Crippen LogP contribution in [0.5, 0.6) is 0 Å². The van der Waals surface area contributed by atoms with Crippen LogP contribution in [0.25, 0.3) is 10.9 Å². The topological polar surface area (TPSA) is 50.9 Å². The number of rotatable bonds is 4. The van der Waals surface area contributed by atoms with E-state index >= 15 is 0 Å². The van der Waals surface area contributed by atoms with Gasteiger partial charge in [0, 0.05) is 23.5 Å². The Balaban J connectivity index is 1.81. The van der Waals surface area contributed by atoms with E-state index in [9.17, 15) is 0 Å². The third kappa shape index (κ3) is 3.09. The predicted molar refractivity (Wildman–Crippen MR) is 87.8 cm³/mol. The molecule has 1 heterocycles. The fourth-order valence-electron chi connectivity index (χ4n) is 3.65. The van der Waals surface area contributed by atoms with E-state index in [1.807, 2.05) is 6.07 Å². The summed E-state index contributed by atoms with van der Waals surface area (Å²) >= 11 is 0. The normalized spacial score (nSPS) is 19.5. The van der Waals surface area contributed by atoms with E-state index in [0.717, 1.165) is 17.6 Å². The zero-order valence-electron chi connectivity index (χ0n) is 12.8. The molecule has 3 nitrogen and oxygen atoms in total. The minimum atomic E-state index is 0.292. The second-order valence-electron chi connectivity index (χ2n) is 6.63. The lowest BCUT2D eigenvalue weighted by atomic mass is 9.69. The molecule has 1 aliphatic rings. The first kappa shape index (κ1) is 14.5. The summed E-state index contributed by atoms with van der Waals surface area (Å²) in [5.41, 5.74) is 5.56. The minimum absolute atomic E-state index is 0.292. The standard InChI is InChI=1S/C18H25N3/c1-18(11-5-2-6-12-18)17(21-19)13-15-10-9-14-7-3-4-8-16(14)20-15/h3-4,7-10,17,21H,2,5-6,11-13,19H2,1H3. The second kappa shape index (κ2) is 6.12. The van der Waals surface area contributed by atoms with Crippen LogP contribution >= 0.6 is 0 Å². The molecule has 2 aromatic rings. The molecule has 0 radical (unpaired) electrons. The van der Waals surface area contributed by atoms with Crippen molar-refractivity contribution in [3.05, 3.63) is 42.1 Å². The second-order valence-corrected chi connectivity index (χ2v) is 6.63. The molecule has 0 aliphatic heterocycles. The van der Waals surface area contributed by atoms with Crippen LogP contribution in [-0.2, 0) is 6.42 Å². The van der Waals surface area contributed by atoms with Crippen LogP contribution in [0.3, 0.4) is 0 Å². The zero-order valence-corrected chi connectivity index (χ0v) is 12.8. The van der Waals surface area contributed by atoms with Crippen molar-refractivity contribution in [3.63, 3.8) is 0 Å². The summed E-state index contributed by atoms with van der Waals surface area (Å²) in [4.78, 5) is 4.79. The lowest BCUT2D eigenvalue weighted by Gasteiger charge is -2.40. The van der Waals surface area contributed by atoms with E-state index in [1.54, 1.807) is 0 Å². The highest BCUT2D eigenvalue weighted by atomic mass is 15.2. The van der Waals surface area contributed by atoms with Crippen molar-refractivity contribution in [1.82, 2.24) is 10.4 Å². The molecule has 0 amide bonds. The van der Waals surface area contributed by atoms with Gasteiger partial charge in [0.05, 0.1) is 5.52 Å². The summed E-state index contributed by atoms with van der Waals surface area (Å²) in [5.74, 6) is 5.87. The van der Waals surface area contributed by atoms with E-state index < -0.39 is 0 Å². The lowest BCUT2D eigenvalue weighted by Crippen LogP contribution is -2.49. The average Bonchev–Trinajstić information content (AvgIpc) is 2.53. The van der Waals surface area contributed by atoms with Crippen molar-refractivity contribution in [2.45, 2.75) is 51.5 Å². The molecule has 3 N–H and O–H groups in total. The molecule has 21 heavy (non-hydrogen) atoms. The van der Waals surface area contributed by atoms with Crippen LogP contribution in [0.1, 0.15) is 44.7 Å². The van der Waals surface area contributed by atoms with Gasteiger partial charge < -0.3 is 0 Å². The monoisotopic (exact) mass is 283 g/mol. The van der Waals surface area contributed by atoms with Gasteiger partial charge in [-0.1, -0.05) is 50.5 Å². The van der Waals surface area contributed by atoms with E-state index in [-0.39, 0.29) is 0 Å². The third-order valence-electron chi connectivity index (χ3n) is 5.11. The Bertz CT molecular complexity index is 602. The quantitative estimate of drug-likeness (QED) is 0.666. The van der Waals surface area contributed by atoms with Crippen LogP contribution < -0.4 is 11.3 Å². The molecule has 1 unspecified atom stereocenters. The van der Waals surface area contributed by atoms with Gasteiger partial charge in [0.15, 0.2) is 0 Å². The molecule has 1 saturated carbocycles. The maximum absolute atomic E-state index is 5.87. The predicted octanol–water partition coefficient (Wildman–Crippen LogP) is 3.58. The smallest absolute Gasteiger partial charge is 0.0705 e. The zero-order chi connectivity index (χ0) is 14.7. The van der Waals surface area contributed by atoms with Gasteiger partial charge in [0.1, 0.15) is 0 Å². The summed E-state index contributed by atoms with van der Waals surface area (Å²) in [6, 6.07) is 12.9. The number of nitrogens with one attached hydrogen (secondary N) is 1. The summed E-state index contributed by atoms with van der Waals surface area (Å²) < 4.78 is 0. The van der Waals surface area contributed by atoms with Crippen molar-refractivity contribution < 1.29 is 0 Å². The number of fused-ring (bicyclic) bond motifs is 1. The lowest BCUT2D eigenvalue weighted by molar-refractivity contribution is 0.143. The Kier molecular flexibility index (Phi) is 4.22. The highest BCUT2D eigenvalue weighted by molar-refractivity contribution is 5.78. The highest BCUT2D eigenvalue weighted by Crippen LogP contribution is 2.39. The molecule has 1 aromatic carbocycles. The largest absolute Gasteiger partial charge is 0.271 e. The first-order valence-electron chi connectivity index (χ1n) is 8.02. The van der Waals surface area contributed by atoms with E-state index in [2.05, 4.69) is 42.7 Å². The summed E-state index contributed by atoms with van der Waals surface area (Å²) in [6.07, 6.45) is 7.42. The molecule has 0 bridgehead atoms. The van der Waals surface area contributed by atoms with Gasteiger partial charge in [-0.05, 0) is 30.4 Å². The Labute approximate surface area is 126 Å². The number of aromatic nitrogens is 1. The number of hydrazine groups is 1. The molecule has 1 atom stereocenters. The maximum atomic E-state index is 5.87. The van der Waals surface area contributed by atoms with Crippen molar-refractivity contribution in [3.8, 4) is 0 Å². The Hall–Kier alpha value is -1.45. The highest BCUT2D eigenvalue weighted by Gasteiger charge is 2.35. The SMILES string of the molecule is CC1(C(Cc2ccc3ccccc3n2)NN)CCCCC1. The van der Waals surface area contributed by atoms with Crippen molar-refractivity contribution >= 4 is 10.9 Å². The van der Waals surface area contributed by atoms with Gasteiger partial charge in [-0.25, -0.2) is 0 Å². The van der Waals surface area contributed by atoms with E-state index in [4.69, 9.17) is 10.8 Å². The molecular weight excluding hydrogens is 258 g/mol. The molecule has 0 spiro atoms. The van der Waals surface area contributed by atoms with E-state index in [1.165, 1.54) is 37.5 Å². The van der Waals surface area contributed by atoms with Gasteiger partial charge in [0.2, 0.25) is 0 Å². The number of nitrogens with zero attached hydrogens (tertiary/aromatic N) is 1. The minimum Gasteiger partial charge on any atom is -0.271 e. The van der Waals surface area contributed by atoms with Gasteiger partial charge >= 0.3 is 0 Å². The average molecular weight is 283 g/mol. The number of hydrogen-bond donors (Lipinski definition) is 2. The summed E-state index contributed by atoms with van der Waals surface area (Å²) in [5, 5.41) is 1.20. The van der Waals surface area contributed by atoms with Gasteiger partial charge in [-0.15, -0.1) is 0 Å². The number of nitrogens with two attached hydrogens (primary N) is 1. The first-order chi connectivity index (χ1) is 10.2. The Morgan fingerprint density at radius 1 is 1.14 bits per heavy atom. The fraction of sp³-hybridized carbons (Fsp3) is 0.500. The van der Waals surface area contributed by atoms with Crippen LogP contribution in [0.2, 0.25) is 0 Å². The Morgan fingerprint density at radius 3 is 2.67 bits per heavy atom. The number of benzene rings is 1. The van der Waals surface area contributed by atoms with Crippen LogP contribution in [0, 0.1) is 5.41 Å². The van der Waals surface area contributed by atoms with Crippen LogP contribution in [0.4, 0.5) is 0 Å².